The van der Waals surface area contributed by atoms with Crippen LogP contribution in [0, 0.1) is 6.92 Å². The lowest BCUT2D eigenvalue weighted by molar-refractivity contribution is 0.0696. The number of pyridine rings is 1. The van der Waals surface area contributed by atoms with Gasteiger partial charge in [0.2, 0.25) is 0 Å². The van der Waals surface area contributed by atoms with E-state index < -0.39 is 5.97 Å². The van der Waals surface area contributed by atoms with Crippen molar-refractivity contribution in [3.05, 3.63) is 89.2 Å². The molecule has 2 aromatic carbocycles. The number of imidazole rings is 1. The lowest BCUT2D eigenvalue weighted by atomic mass is 9.97. The summed E-state index contributed by atoms with van der Waals surface area (Å²) in [7, 11) is 0. The maximum atomic E-state index is 13.4. The molecule has 7 heteroatoms. The smallest absolute Gasteiger partial charge is 0.335 e. The average Bonchev–Trinajstić information content (AvgIpc) is 3.44. The molecule has 34 heavy (non-hydrogen) atoms. The molecular weight excluding hydrogens is 428 g/mol. The van der Waals surface area contributed by atoms with Crippen LogP contribution in [0.4, 0.5) is 5.82 Å². The summed E-state index contributed by atoms with van der Waals surface area (Å²) in [6, 6.07) is 16.9. The molecule has 0 spiro atoms. The Bertz CT molecular complexity index is 1440. The lowest BCUT2D eigenvalue weighted by Crippen LogP contribution is -2.24. The molecule has 0 radical (unpaired) electrons. The molecule has 170 valence electrons. The van der Waals surface area contributed by atoms with Crippen LogP contribution in [-0.2, 0) is 6.54 Å². The van der Waals surface area contributed by atoms with E-state index in [1.807, 2.05) is 53.2 Å². The van der Waals surface area contributed by atoms with Crippen molar-refractivity contribution in [2.45, 2.75) is 33.4 Å². The second kappa shape index (κ2) is 8.26. The third-order valence-electron chi connectivity index (χ3n) is 6.18. The standard InChI is InChI=1S/C27H24N4O3/c1-16(2)30-12-11-28-25(30)23-5-4-6-24(29-23)31-15-20-10-9-19(14-22(20)26(31)32)18-8-7-17(3)21(13-18)27(33)34/h4-14,16H,15H2,1-3H3,(H,33,34). The largest absolute Gasteiger partial charge is 0.478 e. The molecule has 4 aromatic rings. The zero-order valence-electron chi connectivity index (χ0n) is 19.2. The Morgan fingerprint density at radius 3 is 2.59 bits per heavy atom. The number of anilines is 1. The molecule has 0 fully saturated rings. The molecule has 0 atom stereocenters. The van der Waals surface area contributed by atoms with Gasteiger partial charge in [0.1, 0.15) is 11.5 Å². The second-order valence-electron chi connectivity index (χ2n) is 8.73. The molecule has 0 saturated heterocycles. The quantitative estimate of drug-likeness (QED) is 0.440. The van der Waals surface area contributed by atoms with Crippen LogP contribution in [0.2, 0.25) is 0 Å². The Labute approximate surface area is 197 Å². The Morgan fingerprint density at radius 1 is 1.06 bits per heavy atom. The fraction of sp³-hybridized carbons (Fsp3) is 0.185. The van der Waals surface area contributed by atoms with Gasteiger partial charge in [-0.1, -0.05) is 30.3 Å². The molecule has 2 aromatic heterocycles. The molecule has 0 aliphatic carbocycles. The number of carbonyl (C=O) groups is 2. The summed E-state index contributed by atoms with van der Waals surface area (Å²) in [4.78, 5) is 35.8. The molecule has 7 nitrogen and oxygen atoms in total. The zero-order valence-corrected chi connectivity index (χ0v) is 19.2. The highest BCUT2D eigenvalue weighted by atomic mass is 16.4. The molecule has 5 rings (SSSR count). The van der Waals surface area contributed by atoms with Gasteiger partial charge in [-0.15, -0.1) is 0 Å². The van der Waals surface area contributed by atoms with Crippen molar-refractivity contribution < 1.29 is 14.7 Å². The van der Waals surface area contributed by atoms with E-state index in [0.29, 0.717) is 29.2 Å². The molecule has 0 saturated carbocycles. The SMILES string of the molecule is Cc1ccc(-c2ccc3c(c2)C(=O)N(c2cccc(-c4nccn4C(C)C)n2)C3)cc1C(=O)O. The minimum atomic E-state index is -0.966. The van der Waals surface area contributed by atoms with Gasteiger partial charge in [0.25, 0.3) is 5.91 Å². The van der Waals surface area contributed by atoms with Crippen molar-refractivity contribution >= 4 is 17.7 Å². The van der Waals surface area contributed by atoms with E-state index in [1.165, 1.54) is 0 Å². The van der Waals surface area contributed by atoms with E-state index in [2.05, 4.69) is 18.8 Å². The Balaban J connectivity index is 1.48. The van der Waals surface area contributed by atoms with Crippen LogP contribution in [0.3, 0.4) is 0 Å². The van der Waals surface area contributed by atoms with Gasteiger partial charge in [-0.25, -0.2) is 14.8 Å². The third kappa shape index (κ3) is 3.65. The van der Waals surface area contributed by atoms with Gasteiger partial charge in [-0.05, 0) is 67.3 Å². The van der Waals surface area contributed by atoms with Crippen molar-refractivity contribution in [2.24, 2.45) is 0 Å². The molecule has 1 amide bonds. The molecule has 1 aliphatic rings. The number of rotatable bonds is 5. The fourth-order valence-corrected chi connectivity index (χ4v) is 4.32. The number of aromatic carboxylic acids is 1. The van der Waals surface area contributed by atoms with Crippen molar-refractivity contribution in [2.75, 3.05) is 4.90 Å². The predicted molar refractivity (Wildman–Crippen MR) is 130 cm³/mol. The van der Waals surface area contributed by atoms with E-state index in [4.69, 9.17) is 4.98 Å². The highest BCUT2D eigenvalue weighted by Crippen LogP contribution is 2.32. The average molecular weight is 453 g/mol. The normalized spacial score (nSPS) is 12.9. The van der Waals surface area contributed by atoms with Crippen LogP contribution in [0.15, 0.2) is 67.0 Å². The van der Waals surface area contributed by atoms with Gasteiger partial charge in [-0.3, -0.25) is 9.69 Å². The number of aromatic nitrogens is 3. The highest BCUT2D eigenvalue weighted by Gasteiger charge is 2.30. The van der Waals surface area contributed by atoms with E-state index in [-0.39, 0.29) is 17.5 Å². The van der Waals surface area contributed by atoms with Gasteiger partial charge in [0, 0.05) is 24.0 Å². The second-order valence-corrected chi connectivity index (χ2v) is 8.73. The van der Waals surface area contributed by atoms with Crippen LogP contribution in [0.5, 0.6) is 0 Å². The Hall–Kier alpha value is -4.26. The van der Waals surface area contributed by atoms with Gasteiger partial charge in [0.05, 0.1) is 12.1 Å². The molecular formula is C27H24N4O3. The van der Waals surface area contributed by atoms with E-state index in [1.54, 1.807) is 30.2 Å². The first-order valence-electron chi connectivity index (χ1n) is 11.1. The number of carboxylic acids is 1. The first kappa shape index (κ1) is 21.6. The summed E-state index contributed by atoms with van der Waals surface area (Å²) in [5.74, 6) is 0.241. The summed E-state index contributed by atoms with van der Waals surface area (Å²) in [6.07, 6.45) is 3.68. The molecule has 0 unspecified atom stereocenters. The van der Waals surface area contributed by atoms with Gasteiger partial charge in [-0.2, -0.15) is 0 Å². The number of nitrogens with zero attached hydrogens (tertiary/aromatic N) is 4. The lowest BCUT2D eigenvalue weighted by Gasteiger charge is -2.16. The first-order valence-corrected chi connectivity index (χ1v) is 11.1. The third-order valence-corrected chi connectivity index (χ3v) is 6.18. The van der Waals surface area contributed by atoms with E-state index in [0.717, 1.165) is 22.5 Å². The minimum absolute atomic E-state index is 0.126. The molecule has 0 bridgehead atoms. The van der Waals surface area contributed by atoms with Crippen LogP contribution >= 0.6 is 0 Å². The van der Waals surface area contributed by atoms with Gasteiger partial charge < -0.3 is 9.67 Å². The topological polar surface area (TPSA) is 88.3 Å². The summed E-state index contributed by atoms with van der Waals surface area (Å²) in [5.41, 5.74) is 4.74. The zero-order chi connectivity index (χ0) is 24.0. The van der Waals surface area contributed by atoms with Crippen LogP contribution < -0.4 is 4.90 Å². The van der Waals surface area contributed by atoms with Crippen LogP contribution in [0.25, 0.3) is 22.6 Å². The summed E-state index contributed by atoms with van der Waals surface area (Å²) < 4.78 is 2.05. The van der Waals surface area contributed by atoms with Crippen LogP contribution in [-0.4, -0.2) is 31.5 Å². The Morgan fingerprint density at radius 2 is 1.82 bits per heavy atom. The van der Waals surface area contributed by atoms with Crippen molar-refractivity contribution in [3.63, 3.8) is 0 Å². The monoisotopic (exact) mass is 452 g/mol. The van der Waals surface area contributed by atoms with Crippen LogP contribution in [0.1, 0.15) is 51.7 Å². The fourth-order valence-electron chi connectivity index (χ4n) is 4.32. The first-order chi connectivity index (χ1) is 16.3. The predicted octanol–water partition coefficient (Wildman–Crippen LogP) is 5.36. The number of carboxylic acid groups (broad SMARTS) is 1. The van der Waals surface area contributed by atoms with E-state index in [9.17, 15) is 14.7 Å². The molecule has 1 aliphatic heterocycles. The Kier molecular flexibility index (Phi) is 5.24. The number of carbonyl (C=O) groups excluding carboxylic acids is 1. The van der Waals surface area contributed by atoms with Crippen molar-refractivity contribution in [1.82, 2.24) is 14.5 Å². The van der Waals surface area contributed by atoms with E-state index >= 15 is 0 Å². The molecule has 3 heterocycles. The summed E-state index contributed by atoms with van der Waals surface area (Å²) in [6.45, 7) is 6.37. The van der Waals surface area contributed by atoms with Crippen molar-refractivity contribution in [3.8, 4) is 22.6 Å². The number of benzene rings is 2. The highest BCUT2D eigenvalue weighted by molar-refractivity contribution is 6.10. The summed E-state index contributed by atoms with van der Waals surface area (Å²) >= 11 is 0. The number of aryl methyl sites for hydroxylation is 1. The van der Waals surface area contributed by atoms with Crippen molar-refractivity contribution in [1.29, 1.82) is 0 Å². The maximum absolute atomic E-state index is 13.4. The number of hydrogen-bond donors (Lipinski definition) is 1. The number of amides is 1. The van der Waals surface area contributed by atoms with Gasteiger partial charge in [0.15, 0.2) is 5.82 Å². The summed E-state index contributed by atoms with van der Waals surface area (Å²) in [5, 5.41) is 9.46. The number of fused-ring (bicyclic) bond motifs is 1. The molecule has 1 N–H and O–H groups in total. The minimum Gasteiger partial charge on any atom is -0.478 e. The number of hydrogen-bond acceptors (Lipinski definition) is 4. The van der Waals surface area contributed by atoms with Gasteiger partial charge >= 0.3 is 5.97 Å². The maximum Gasteiger partial charge on any atom is 0.335 e.